The van der Waals surface area contributed by atoms with Gasteiger partial charge in [-0.15, -0.1) is 0 Å². The molecule has 3 rings (SSSR count). The normalized spacial score (nSPS) is 22.5. The summed E-state index contributed by atoms with van der Waals surface area (Å²) in [7, 11) is 0. The molecule has 6 nitrogen and oxygen atoms in total. The average Bonchev–Trinajstić information content (AvgIpc) is 3.43. The van der Waals surface area contributed by atoms with Crippen molar-refractivity contribution in [2.24, 2.45) is 11.8 Å². The Bertz CT molecular complexity index is 653. The van der Waals surface area contributed by atoms with Gasteiger partial charge in [0.1, 0.15) is 0 Å². The number of hydrogen-bond donors (Lipinski definition) is 0. The van der Waals surface area contributed by atoms with Crippen LogP contribution in [0.2, 0.25) is 0 Å². The zero-order valence-electron chi connectivity index (χ0n) is 14.9. The van der Waals surface area contributed by atoms with E-state index in [4.69, 9.17) is 0 Å². The third-order valence-electron chi connectivity index (χ3n) is 5.11. The Kier molecular flexibility index (Phi) is 5.06. The molecule has 25 heavy (non-hydrogen) atoms. The van der Waals surface area contributed by atoms with Gasteiger partial charge in [0.15, 0.2) is 0 Å². The predicted octanol–water partition coefficient (Wildman–Crippen LogP) is 1.37. The Hall–Kier alpha value is -2.37. The Morgan fingerprint density at radius 1 is 1.00 bits per heavy atom. The van der Waals surface area contributed by atoms with Gasteiger partial charge in [-0.2, -0.15) is 0 Å². The fraction of sp³-hybridized carbons (Fsp3) is 0.526. The monoisotopic (exact) mass is 343 g/mol. The first kappa shape index (κ1) is 17.5. The van der Waals surface area contributed by atoms with Gasteiger partial charge in [-0.3, -0.25) is 14.4 Å². The number of benzene rings is 1. The largest absolute Gasteiger partial charge is 0.339 e. The van der Waals surface area contributed by atoms with Crippen LogP contribution >= 0.6 is 0 Å². The molecule has 2 aliphatic rings. The fourth-order valence-corrected chi connectivity index (χ4v) is 3.49. The number of hydrogen-bond acceptors (Lipinski definition) is 3. The molecule has 1 saturated heterocycles. The van der Waals surface area contributed by atoms with Crippen molar-refractivity contribution in [3.8, 4) is 0 Å². The number of para-hydroxylation sites is 1. The number of carbonyl (C=O) groups is 3. The van der Waals surface area contributed by atoms with Crippen molar-refractivity contribution in [3.05, 3.63) is 30.3 Å². The third kappa shape index (κ3) is 3.67. The van der Waals surface area contributed by atoms with E-state index in [1.54, 1.807) is 21.6 Å². The van der Waals surface area contributed by atoms with E-state index in [0.717, 1.165) is 5.69 Å². The van der Waals surface area contributed by atoms with E-state index in [1.165, 1.54) is 0 Å². The summed E-state index contributed by atoms with van der Waals surface area (Å²) in [5, 5.41) is 0. The van der Waals surface area contributed by atoms with Gasteiger partial charge in [0, 0.05) is 45.3 Å². The summed E-state index contributed by atoms with van der Waals surface area (Å²) in [4.78, 5) is 42.1. The number of carbonyl (C=O) groups excluding carboxylic acids is 3. The summed E-state index contributed by atoms with van der Waals surface area (Å²) in [5.74, 6) is -0.263. The molecule has 0 spiro atoms. The molecule has 0 bridgehead atoms. The lowest BCUT2D eigenvalue weighted by molar-refractivity contribution is -0.140. The topological polar surface area (TPSA) is 60.9 Å². The van der Waals surface area contributed by atoms with Crippen molar-refractivity contribution in [3.63, 3.8) is 0 Å². The molecule has 2 unspecified atom stereocenters. The Morgan fingerprint density at radius 3 is 2.16 bits per heavy atom. The molecule has 1 heterocycles. The SMILES string of the molecule is CCN(C(=O)C1CC1C(=O)N1CCN(C(C)=O)CC1)c1ccccc1. The van der Waals surface area contributed by atoms with E-state index >= 15 is 0 Å². The third-order valence-corrected chi connectivity index (χ3v) is 5.11. The summed E-state index contributed by atoms with van der Waals surface area (Å²) in [5.41, 5.74) is 0.878. The van der Waals surface area contributed by atoms with Gasteiger partial charge in [0.05, 0.1) is 11.8 Å². The van der Waals surface area contributed by atoms with Gasteiger partial charge < -0.3 is 14.7 Å². The van der Waals surface area contributed by atoms with E-state index in [9.17, 15) is 14.4 Å². The number of anilines is 1. The second-order valence-corrected chi connectivity index (χ2v) is 6.70. The van der Waals surface area contributed by atoms with Gasteiger partial charge >= 0.3 is 0 Å². The van der Waals surface area contributed by atoms with Gasteiger partial charge in [0.2, 0.25) is 17.7 Å². The molecule has 0 radical (unpaired) electrons. The maximum Gasteiger partial charge on any atom is 0.230 e. The van der Waals surface area contributed by atoms with Gasteiger partial charge in [0.25, 0.3) is 0 Å². The lowest BCUT2D eigenvalue weighted by Crippen LogP contribution is -2.50. The molecule has 1 aliphatic carbocycles. The lowest BCUT2D eigenvalue weighted by atomic mass is 10.2. The standard InChI is InChI=1S/C19H25N3O3/c1-3-22(15-7-5-4-6-8-15)19(25)17-13-16(17)18(24)21-11-9-20(10-12-21)14(2)23/h4-8,16-17H,3,9-13H2,1-2H3. The van der Waals surface area contributed by atoms with E-state index in [2.05, 4.69) is 0 Å². The molecule has 0 N–H and O–H groups in total. The van der Waals surface area contributed by atoms with E-state index < -0.39 is 0 Å². The minimum Gasteiger partial charge on any atom is -0.339 e. The van der Waals surface area contributed by atoms with Crippen molar-refractivity contribution in [2.75, 3.05) is 37.6 Å². The van der Waals surface area contributed by atoms with Crippen LogP contribution in [0, 0.1) is 11.8 Å². The molecule has 3 amide bonds. The molecular formula is C19H25N3O3. The lowest BCUT2D eigenvalue weighted by Gasteiger charge is -2.34. The van der Waals surface area contributed by atoms with E-state index in [0.29, 0.717) is 39.1 Å². The van der Waals surface area contributed by atoms with E-state index in [-0.39, 0.29) is 29.6 Å². The van der Waals surface area contributed by atoms with Crippen LogP contribution in [0.4, 0.5) is 5.69 Å². The minimum absolute atomic E-state index is 0.0365. The van der Waals surface area contributed by atoms with Crippen LogP contribution in [0.15, 0.2) is 30.3 Å². The highest BCUT2D eigenvalue weighted by molar-refractivity contribution is 6.01. The van der Waals surface area contributed by atoms with Gasteiger partial charge in [-0.1, -0.05) is 18.2 Å². The van der Waals surface area contributed by atoms with Crippen LogP contribution < -0.4 is 4.90 Å². The molecule has 6 heteroatoms. The first-order chi connectivity index (χ1) is 12.0. The van der Waals surface area contributed by atoms with Crippen molar-refractivity contribution < 1.29 is 14.4 Å². The Morgan fingerprint density at radius 2 is 1.60 bits per heavy atom. The van der Waals surface area contributed by atoms with E-state index in [1.807, 2.05) is 37.3 Å². The molecule has 2 atom stereocenters. The summed E-state index contributed by atoms with van der Waals surface area (Å²) < 4.78 is 0. The number of amides is 3. The average molecular weight is 343 g/mol. The second kappa shape index (κ2) is 7.25. The zero-order valence-corrected chi connectivity index (χ0v) is 14.9. The Labute approximate surface area is 148 Å². The maximum atomic E-state index is 12.8. The molecule has 1 aliphatic heterocycles. The molecule has 1 aromatic rings. The van der Waals surface area contributed by atoms with Crippen LogP contribution in [0.25, 0.3) is 0 Å². The zero-order chi connectivity index (χ0) is 18.0. The maximum absolute atomic E-state index is 12.8. The van der Waals surface area contributed by atoms with Crippen molar-refractivity contribution in [2.45, 2.75) is 20.3 Å². The van der Waals surface area contributed by atoms with Crippen LogP contribution in [0.5, 0.6) is 0 Å². The number of piperazine rings is 1. The molecule has 1 saturated carbocycles. The van der Waals surface area contributed by atoms with Crippen molar-refractivity contribution in [1.29, 1.82) is 0 Å². The second-order valence-electron chi connectivity index (χ2n) is 6.70. The number of nitrogens with zero attached hydrogens (tertiary/aromatic N) is 3. The van der Waals surface area contributed by atoms with Crippen LogP contribution in [0.3, 0.4) is 0 Å². The molecule has 2 fully saturated rings. The van der Waals surface area contributed by atoms with Crippen LogP contribution in [0.1, 0.15) is 20.3 Å². The molecule has 134 valence electrons. The molecule has 1 aromatic carbocycles. The summed E-state index contributed by atoms with van der Waals surface area (Å²) in [6.45, 7) is 6.38. The van der Waals surface area contributed by atoms with Crippen LogP contribution in [-0.2, 0) is 14.4 Å². The Balaban J connectivity index is 1.57. The van der Waals surface area contributed by atoms with Crippen LogP contribution in [-0.4, -0.2) is 60.2 Å². The highest BCUT2D eigenvalue weighted by Crippen LogP contribution is 2.42. The minimum atomic E-state index is -0.210. The molecule has 0 aromatic heterocycles. The summed E-state index contributed by atoms with van der Waals surface area (Å²) >= 11 is 0. The number of rotatable bonds is 4. The summed E-state index contributed by atoms with van der Waals surface area (Å²) in [6, 6.07) is 9.58. The summed E-state index contributed by atoms with van der Waals surface area (Å²) in [6.07, 6.45) is 0.633. The van der Waals surface area contributed by atoms with Crippen molar-refractivity contribution in [1.82, 2.24) is 9.80 Å². The van der Waals surface area contributed by atoms with Gasteiger partial charge in [-0.05, 0) is 25.5 Å². The van der Waals surface area contributed by atoms with Crippen molar-refractivity contribution >= 4 is 23.4 Å². The predicted molar refractivity (Wildman–Crippen MR) is 94.9 cm³/mol. The quantitative estimate of drug-likeness (QED) is 0.829. The highest BCUT2D eigenvalue weighted by Gasteiger charge is 2.51. The van der Waals surface area contributed by atoms with Gasteiger partial charge in [-0.25, -0.2) is 0 Å². The molecular weight excluding hydrogens is 318 g/mol. The fourth-order valence-electron chi connectivity index (χ4n) is 3.49. The first-order valence-electron chi connectivity index (χ1n) is 8.93. The first-order valence-corrected chi connectivity index (χ1v) is 8.93. The highest BCUT2D eigenvalue weighted by atomic mass is 16.2. The smallest absolute Gasteiger partial charge is 0.230 e.